The summed E-state index contributed by atoms with van der Waals surface area (Å²) in [4.78, 5) is 16.6. The molecular weight excluding hydrogens is 391 g/mol. The van der Waals surface area contributed by atoms with Crippen LogP contribution in [0.25, 0.3) is 11.3 Å². The Morgan fingerprint density at radius 3 is 2.50 bits per heavy atom. The van der Waals surface area contributed by atoms with Gasteiger partial charge in [0.15, 0.2) is 0 Å². The van der Waals surface area contributed by atoms with E-state index in [4.69, 9.17) is 4.74 Å². The number of hydrazone groups is 1. The highest BCUT2D eigenvalue weighted by atomic mass is 32.1. The van der Waals surface area contributed by atoms with Crippen molar-refractivity contribution in [3.63, 3.8) is 0 Å². The molecule has 3 rings (SSSR count). The van der Waals surface area contributed by atoms with Crippen LogP contribution in [0.3, 0.4) is 0 Å². The third-order valence-electron chi connectivity index (χ3n) is 3.68. The van der Waals surface area contributed by atoms with E-state index in [0.29, 0.717) is 11.3 Å². The van der Waals surface area contributed by atoms with E-state index < -0.39 is 17.7 Å². The molecule has 0 atom stereocenters. The van der Waals surface area contributed by atoms with Crippen molar-refractivity contribution >= 4 is 28.7 Å². The molecule has 5 nitrogen and oxygen atoms in total. The Hall–Kier alpha value is -3.20. The number of anilines is 1. The Kier molecular flexibility index (Phi) is 5.74. The van der Waals surface area contributed by atoms with Gasteiger partial charge in [-0.25, -0.2) is 9.78 Å². The number of hydrogen-bond acceptors (Lipinski definition) is 6. The SMILES string of the molecule is COC(=O)c1sc(N/N=C\c2ccccc2C(F)(F)F)nc1-c1ccccc1. The standard InChI is InChI=1S/C19H14F3N3O2S/c1-27-17(26)16-15(12-7-3-2-4-8-12)24-18(28-16)25-23-11-13-9-5-6-10-14(13)19(20,21)22/h2-11H,1H3,(H,24,25)/b23-11-. The molecule has 1 heterocycles. The van der Waals surface area contributed by atoms with Crippen molar-refractivity contribution in [2.24, 2.45) is 5.10 Å². The lowest BCUT2D eigenvalue weighted by atomic mass is 10.1. The Balaban J connectivity index is 1.87. The lowest BCUT2D eigenvalue weighted by Crippen LogP contribution is -2.08. The number of rotatable bonds is 5. The fourth-order valence-corrected chi connectivity index (χ4v) is 3.27. The molecule has 2 aromatic carbocycles. The smallest absolute Gasteiger partial charge is 0.417 e. The van der Waals surface area contributed by atoms with Crippen molar-refractivity contribution in [2.45, 2.75) is 6.18 Å². The van der Waals surface area contributed by atoms with Crippen LogP contribution in [0.15, 0.2) is 59.7 Å². The lowest BCUT2D eigenvalue weighted by molar-refractivity contribution is -0.137. The summed E-state index contributed by atoms with van der Waals surface area (Å²) in [6.45, 7) is 0. The number of aromatic nitrogens is 1. The van der Waals surface area contributed by atoms with E-state index >= 15 is 0 Å². The number of thiazole rings is 1. The maximum absolute atomic E-state index is 13.0. The quantitative estimate of drug-likeness (QED) is 0.366. The maximum Gasteiger partial charge on any atom is 0.417 e. The summed E-state index contributed by atoms with van der Waals surface area (Å²) in [5.74, 6) is -0.559. The number of halogens is 3. The van der Waals surface area contributed by atoms with Crippen LogP contribution in [0.1, 0.15) is 20.8 Å². The van der Waals surface area contributed by atoms with E-state index in [2.05, 4.69) is 15.5 Å². The molecule has 0 amide bonds. The molecule has 0 radical (unpaired) electrons. The van der Waals surface area contributed by atoms with Crippen LogP contribution in [-0.2, 0) is 10.9 Å². The highest BCUT2D eigenvalue weighted by Gasteiger charge is 2.32. The fourth-order valence-electron chi connectivity index (χ4n) is 2.42. The summed E-state index contributed by atoms with van der Waals surface area (Å²) < 4.78 is 43.9. The Bertz CT molecular complexity index is 1000. The van der Waals surface area contributed by atoms with Gasteiger partial charge in [-0.15, -0.1) is 0 Å². The first-order valence-electron chi connectivity index (χ1n) is 8.00. The van der Waals surface area contributed by atoms with Crippen molar-refractivity contribution in [3.8, 4) is 11.3 Å². The molecule has 28 heavy (non-hydrogen) atoms. The third-order valence-corrected chi connectivity index (χ3v) is 4.62. The van der Waals surface area contributed by atoms with Gasteiger partial charge in [0.25, 0.3) is 0 Å². The van der Waals surface area contributed by atoms with Crippen LogP contribution < -0.4 is 5.43 Å². The first kappa shape index (κ1) is 19.6. The fraction of sp³-hybridized carbons (Fsp3) is 0.105. The first-order valence-corrected chi connectivity index (χ1v) is 8.81. The van der Waals surface area contributed by atoms with E-state index in [1.165, 1.54) is 25.3 Å². The van der Waals surface area contributed by atoms with Crippen LogP contribution in [0.5, 0.6) is 0 Å². The second-order valence-electron chi connectivity index (χ2n) is 5.51. The summed E-state index contributed by atoms with van der Waals surface area (Å²) in [6.07, 6.45) is -3.42. The number of alkyl halides is 3. The van der Waals surface area contributed by atoms with Crippen LogP contribution >= 0.6 is 11.3 Å². The molecule has 0 aliphatic heterocycles. The molecular formula is C19H14F3N3O2S. The predicted octanol–water partition coefficient (Wildman–Crippen LogP) is 5.06. The normalized spacial score (nSPS) is 11.6. The number of nitrogens with zero attached hydrogens (tertiary/aromatic N) is 2. The molecule has 0 saturated heterocycles. The molecule has 1 N–H and O–H groups in total. The number of carbonyl (C=O) groups excluding carboxylic acids is 1. The summed E-state index contributed by atoms with van der Waals surface area (Å²) >= 11 is 0.999. The summed E-state index contributed by atoms with van der Waals surface area (Å²) in [5, 5.41) is 4.09. The first-order chi connectivity index (χ1) is 13.4. The zero-order chi connectivity index (χ0) is 20.1. The second kappa shape index (κ2) is 8.22. The van der Waals surface area contributed by atoms with E-state index in [-0.39, 0.29) is 15.6 Å². The van der Waals surface area contributed by atoms with Crippen molar-refractivity contribution < 1.29 is 22.7 Å². The van der Waals surface area contributed by atoms with Gasteiger partial charge in [-0.05, 0) is 6.07 Å². The predicted molar refractivity (Wildman–Crippen MR) is 102 cm³/mol. The van der Waals surface area contributed by atoms with E-state index in [9.17, 15) is 18.0 Å². The largest absolute Gasteiger partial charge is 0.465 e. The summed E-state index contributed by atoms with van der Waals surface area (Å²) in [5.41, 5.74) is 2.82. The minimum Gasteiger partial charge on any atom is -0.465 e. The number of nitrogens with one attached hydrogen (secondary N) is 1. The number of benzene rings is 2. The minimum absolute atomic E-state index is 0.0875. The van der Waals surface area contributed by atoms with Crippen LogP contribution in [0, 0.1) is 0 Å². The van der Waals surface area contributed by atoms with Gasteiger partial charge in [0.2, 0.25) is 5.13 Å². The topological polar surface area (TPSA) is 63.6 Å². The highest BCUT2D eigenvalue weighted by Crippen LogP contribution is 2.32. The summed E-state index contributed by atoms with van der Waals surface area (Å²) in [7, 11) is 1.26. The van der Waals surface area contributed by atoms with E-state index in [1.54, 1.807) is 24.3 Å². The van der Waals surface area contributed by atoms with Gasteiger partial charge in [-0.2, -0.15) is 18.3 Å². The van der Waals surface area contributed by atoms with Crippen LogP contribution in [0.4, 0.5) is 18.3 Å². The van der Waals surface area contributed by atoms with Crippen molar-refractivity contribution in [1.29, 1.82) is 0 Å². The number of ether oxygens (including phenoxy) is 1. The molecule has 9 heteroatoms. The van der Waals surface area contributed by atoms with Gasteiger partial charge in [0.1, 0.15) is 4.88 Å². The van der Waals surface area contributed by atoms with Gasteiger partial charge in [0, 0.05) is 11.1 Å². The molecule has 1 aromatic heterocycles. The molecule has 0 saturated carbocycles. The van der Waals surface area contributed by atoms with Gasteiger partial charge in [-0.1, -0.05) is 59.9 Å². The number of esters is 1. The third kappa shape index (κ3) is 4.37. The van der Waals surface area contributed by atoms with E-state index in [0.717, 1.165) is 23.6 Å². The summed E-state index contributed by atoms with van der Waals surface area (Å²) in [6, 6.07) is 14.1. The van der Waals surface area contributed by atoms with Crippen LogP contribution in [0.2, 0.25) is 0 Å². The molecule has 0 unspecified atom stereocenters. The zero-order valence-electron chi connectivity index (χ0n) is 14.5. The van der Waals surface area contributed by atoms with Gasteiger partial charge in [-0.3, -0.25) is 5.43 Å². The van der Waals surface area contributed by atoms with Gasteiger partial charge >= 0.3 is 12.1 Å². The second-order valence-corrected chi connectivity index (χ2v) is 6.51. The average Bonchev–Trinajstić information content (AvgIpc) is 3.12. The van der Waals surface area contributed by atoms with Crippen LogP contribution in [-0.4, -0.2) is 24.3 Å². The Morgan fingerprint density at radius 1 is 1.14 bits per heavy atom. The van der Waals surface area contributed by atoms with Gasteiger partial charge < -0.3 is 4.74 Å². The highest BCUT2D eigenvalue weighted by molar-refractivity contribution is 7.17. The van der Waals surface area contributed by atoms with E-state index in [1.807, 2.05) is 6.07 Å². The van der Waals surface area contributed by atoms with Crippen molar-refractivity contribution in [2.75, 3.05) is 12.5 Å². The molecule has 0 bridgehead atoms. The number of carbonyl (C=O) groups is 1. The monoisotopic (exact) mass is 405 g/mol. The van der Waals surface area contributed by atoms with Crippen molar-refractivity contribution in [3.05, 3.63) is 70.6 Å². The molecule has 0 spiro atoms. The molecule has 0 aliphatic rings. The number of methoxy groups -OCH3 is 1. The number of hydrogen-bond donors (Lipinski definition) is 1. The minimum atomic E-state index is -4.48. The maximum atomic E-state index is 13.0. The lowest BCUT2D eigenvalue weighted by Gasteiger charge is -2.08. The zero-order valence-corrected chi connectivity index (χ0v) is 15.3. The molecule has 144 valence electrons. The van der Waals surface area contributed by atoms with Gasteiger partial charge in [0.05, 0.1) is 24.6 Å². The average molecular weight is 405 g/mol. The molecule has 0 aliphatic carbocycles. The molecule has 0 fully saturated rings. The Morgan fingerprint density at radius 2 is 1.82 bits per heavy atom. The van der Waals surface area contributed by atoms with Crippen molar-refractivity contribution in [1.82, 2.24) is 4.98 Å². The molecule has 3 aromatic rings. The Labute approximate surface area is 162 Å².